The molecule has 0 unspecified atom stereocenters. The van der Waals surface area contributed by atoms with Gasteiger partial charge in [-0.05, 0) is 62.1 Å². The monoisotopic (exact) mass is 909 g/mol. The number of carbonyl (C=O) groups excluding carboxylic acids is 2. The number of Topliss-reactive ketones (excluding diaryl/α,β-unsaturated/α-hetero) is 1. The Morgan fingerprint density at radius 2 is 1.15 bits per heavy atom. The number of halogens is 1. The van der Waals surface area contributed by atoms with E-state index in [0.717, 1.165) is 42.4 Å². The van der Waals surface area contributed by atoms with Gasteiger partial charge in [-0.3, -0.25) is 9.59 Å². The molecule has 5 aromatic rings. The summed E-state index contributed by atoms with van der Waals surface area (Å²) in [5.74, 6) is 1.52. The normalized spacial score (nSPS) is 16.0. The zero-order chi connectivity index (χ0) is 45.1. The minimum Gasteiger partial charge on any atom is -0.338 e. The standard InChI is InChI=1S/C28H30N4O2.C13H21N3O4S.C3H5ClO2S/c1-3-20(2)26-30-27(34-32-26)24(29)19-25(33)31-28(21-13-7-4-8-14-21,22-15-9-5-10-16-22)23-17-11-6-12-18-23;1-4-8(2)12-14-13(20-15-12)11(7-9(3)17)16-21(18,19)10-5-6-10;4-7(5,6)3-1-2-3/h4-18,20,24H,3,19,29H2,1-2H3,(H,31,33);8,10-11,16H,4-7H2,1-3H3;3H,1-2H2/t20-,24-;8-,11-;/m00./s1. The summed E-state index contributed by atoms with van der Waals surface area (Å²) in [6, 6.07) is 28.4. The summed E-state index contributed by atoms with van der Waals surface area (Å²) >= 11 is 0. The molecule has 0 aliphatic heterocycles. The van der Waals surface area contributed by atoms with Crippen molar-refractivity contribution in [2.75, 3.05) is 0 Å². The highest BCUT2D eigenvalue weighted by atomic mass is 35.7. The molecule has 0 radical (unpaired) electrons. The molecular weight excluding hydrogens is 854 g/mol. The number of ketones is 1. The molecule has 0 saturated heterocycles. The van der Waals surface area contributed by atoms with Gasteiger partial charge in [0.15, 0.2) is 11.6 Å². The quantitative estimate of drug-likeness (QED) is 0.0573. The van der Waals surface area contributed by atoms with Crippen LogP contribution in [0.5, 0.6) is 0 Å². The topological polar surface area (TPSA) is 230 Å². The molecule has 7 rings (SSSR count). The Kier molecular flexibility index (Phi) is 16.7. The molecule has 4 atom stereocenters. The molecule has 2 aromatic heterocycles. The first-order valence-electron chi connectivity index (χ1n) is 20.8. The summed E-state index contributed by atoms with van der Waals surface area (Å²) < 4.78 is 57.5. The molecule has 4 N–H and O–H groups in total. The van der Waals surface area contributed by atoms with Gasteiger partial charge in [0, 0.05) is 28.9 Å². The molecule has 2 fully saturated rings. The minimum absolute atomic E-state index is 0.00803. The van der Waals surface area contributed by atoms with Crippen LogP contribution in [0.1, 0.15) is 150 Å². The number of nitrogens with zero attached hydrogens (tertiary/aromatic N) is 4. The van der Waals surface area contributed by atoms with E-state index in [1.54, 1.807) is 0 Å². The van der Waals surface area contributed by atoms with E-state index in [0.29, 0.717) is 24.5 Å². The predicted molar refractivity (Wildman–Crippen MR) is 236 cm³/mol. The average Bonchev–Trinajstić information content (AvgIpc) is 4.20. The highest BCUT2D eigenvalue weighted by molar-refractivity contribution is 8.14. The van der Waals surface area contributed by atoms with Crippen LogP contribution in [0.2, 0.25) is 0 Å². The summed E-state index contributed by atoms with van der Waals surface area (Å²) in [6.45, 7) is 9.46. The first-order valence-corrected chi connectivity index (χ1v) is 24.7. The Hall–Kier alpha value is -4.81. The number of benzene rings is 3. The smallest absolute Gasteiger partial charge is 0.245 e. The summed E-state index contributed by atoms with van der Waals surface area (Å²) in [4.78, 5) is 33.5. The van der Waals surface area contributed by atoms with Gasteiger partial charge in [0.25, 0.3) is 0 Å². The fourth-order valence-corrected chi connectivity index (χ4v) is 9.13. The van der Waals surface area contributed by atoms with E-state index in [4.69, 9.17) is 25.5 Å². The zero-order valence-corrected chi connectivity index (χ0v) is 38.0. The van der Waals surface area contributed by atoms with Crippen molar-refractivity contribution in [2.45, 2.75) is 126 Å². The third kappa shape index (κ3) is 13.1. The highest BCUT2D eigenvalue weighted by Crippen LogP contribution is 2.37. The van der Waals surface area contributed by atoms with E-state index >= 15 is 0 Å². The van der Waals surface area contributed by atoms with Crippen LogP contribution in [-0.4, -0.2) is 59.3 Å². The molecule has 2 aliphatic rings. The molecule has 0 spiro atoms. The maximum Gasteiger partial charge on any atom is 0.245 e. The van der Waals surface area contributed by atoms with E-state index in [9.17, 15) is 26.4 Å². The van der Waals surface area contributed by atoms with Gasteiger partial charge < -0.3 is 20.1 Å². The second-order valence-electron chi connectivity index (χ2n) is 15.8. The molecule has 2 saturated carbocycles. The number of sulfonamides is 1. The second-order valence-corrected chi connectivity index (χ2v) is 20.7. The molecule has 0 bridgehead atoms. The van der Waals surface area contributed by atoms with Gasteiger partial charge >= 0.3 is 0 Å². The highest BCUT2D eigenvalue weighted by Gasteiger charge is 2.40. The maximum atomic E-state index is 13.5. The van der Waals surface area contributed by atoms with Gasteiger partial charge in [0.1, 0.15) is 17.4 Å². The van der Waals surface area contributed by atoms with E-state index in [2.05, 4.69) is 37.2 Å². The van der Waals surface area contributed by atoms with Gasteiger partial charge in [0.2, 0.25) is 36.8 Å². The molecule has 1 amide bonds. The van der Waals surface area contributed by atoms with Crippen molar-refractivity contribution in [1.29, 1.82) is 0 Å². The van der Waals surface area contributed by atoms with Gasteiger partial charge in [0.05, 0.1) is 23.0 Å². The number of nitrogens with one attached hydrogen (secondary N) is 2. The zero-order valence-electron chi connectivity index (χ0n) is 35.6. The summed E-state index contributed by atoms with van der Waals surface area (Å²) in [5, 5.41) is 10.6. The number of carbonyl (C=O) groups is 2. The van der Waals surface area contributed by atoms with Crippen LogP contribution >= 0.6 is 10.7 Å². The lowest BCUT2D eigenvalue weighted by Crippen LogP contribution is -2.48. The average molecular weight is 911 g/mol. The van der Waals surface area contributed by atoms with Gasteiger partial charge in [-0.2, -0.15) is 9.97 Å². The Labute approximate surface area is 368 Å². The van der Waals surface area contributed by atoms with Crippen molar-refractivity contribution >= 4 is 41.4 Å². The summed E-state index contributed by atoms with van der Waals surface area (Å²) in [7, 11) is -1.68. The van der Waals surface area contributed by atoms with Crippen LogP contribution in [0.15, 0.2) is 100 Å². The summed E-state index contributed by atoms with van der Waals surface area (Å²) in [6.07, 6.45) is 4.59. The SMILES string of the molecule is CC[C@H](C)c1noc([C@@H](N)CC(=O)NC(c2ccccc2)(c2ccccc2)c2ccccc2)n1.CC[C@H](C)c1noc([C@H](CC(C)=O)NS(=O)(=O)C2CC2)n1.O=S(=O)(Cl)C1CC1. The lowest BCUT2D eigenvalue weighted by atomic mass is 9.77. The van der Waals surface area contributed by atoms with E-state index in [1.165, 1.54) is 6.92 Å². The third-order valence-corrected chi connectivity index (χ3v) is 14.7. The van der Waals surface area contributed by atoms with Gasteiger partial charge in [-0.15, -0.1) is 0 Å². The number of hydrogen-bond acceptors (Lipinski definition) is 13. The fraction of sp³-hybridized carbons (Fsp3) is 0.455. The van der Waals surface area contributed by atoms with E-state index < -0.39 is 36.7 Å². The van der Waals surface area contributed by atoms with Crippen LogP contribution < -0.4 is 15.8 Å². The third-order valence-electron chi connectivity index (χ3n) is 10.7. The molecule has 18 heteroatoms. The van der Waals surface area contributed by atoms with Gasteiger partial charge in [-0.25, -0.2) is 21.6 Å². The Bertz CT molecular complexity index is 2330. The molecule has 3 aromatic carbocycles. The fourth-order valence-electron chi connectivity index (χ4n) is 6.37. The van der Waals surface area contributed by atoms with Crippen molar-refractivity contribution in [3.05, 3.63) is 131 Å². The van der Waals surface area contributed by atoms with Crippen molar-refractivity contribution in [3.8, 4) is 0 Å². The van der Waals surface area contributed by atoms with Crippen molar-refractivity contribution in [2.24, 2.45) is 5.73 Å². The van der Waals surface area contributed by atoms with E-state index in [-0.39, 0.29) is 58.6 Å². The Morgan fingerprint density at radius 1 is 0.726 bits per heavy atom. The number of amides is 1. The van der Waals surface area contributed by atoms with Crippen molar-refractivity contribution < 1.29 is 35.5 Å². The van der Waals surface area contributed by atoms with Crippen LogP contribution in [0.3, 0.4) is 0 Å². The van der Waals surface area contributed by atoms with Crippen LogP contribution in [0.25, 0.3) is 0 Å². The van der Waals surface area contributed by atoms with Crippen molar-refractivity contribution in [3.63, 3.8) is 0 Å². The van der Waals surface area contributed by atoms with Crippen molar-refractivity contribution in [1.82, 2.24) is 30.3 Å². The molecule has 2 aliphatic carbocycles. The van der Waals surface area contributed by atoms with Crippen LogP contribution in [-0.2, 0) is 34.2 Å². The summed E-state index contributed by atoms with van der Waals surface area (Å²) in [5.41, 5.74) is 8.29. The van der Waals surface area contributed by atoms with Crippen LogP contribution in [0.4, 0.5) is 0 Å². The first kappa shape index (κ1) is 48.2. The van der Waals surface area contributed by atoms with Crippen LogP contribution in [0, 0.1) is 0 Å². The number of hydrogen-bond donors (Lipinski definition) is 3. The Morgan fingerprint density at radius 3 is 1.52 bits per heavy atom. The number of rotatable bonds is 18. The van der Waals surface area contributed by atoms with Gasteiger partial charge in [-0.1, -0.05) is 129 Å². The second kappa shape index (κ2) is 21.5. The number of aromatic nitrogens is 4. The first-order chi connectivity index (χ1) is 29.5. The lowest BCUT2D eigenvalue weighted by Gasteiger charge is -2.37. The Balaban J connectivity index is 0.000000218. The largest absolute Gasteiger partial charge is 0.338 e. The molecule has 15 nitrogen and oxygen atoms in total. The number of nitrogens with two attached hydrogens (primary N) is 1. The maximum absolute atomic E-state index is 13.5. The predicted octanol–water partition coefficient (Wildman–Crippen LogP) is 7.48. The molecular formula is C44H56ClN7O8S2. The lowest BCUT2D eigenvalue weighted by molar-refractivity contribution is -0.123. The minimum atomic E-state index is -3.43. The molecule has 62 heavy (non-hydrogen) atoms. The molecule has 334 valence electrons. The van der Waals surface area contributed by atoms with E-state index in [1.807, 2.05) is 112 Å². The molecule has 2 heterocycles.